The second kappa shape index (κ2) is 15.2. The minimum absolute atomic E-state index is 0.00640. The number of benzene rings is 4. The highest BCUT2D eigenvalue weighted by atomic mass is 32.2. The van der Waals surface area contributed by atoms with Crippen molar-refractivity contribution in [3.05, 3.63) is 132 Å². The maximum absolute atomic E-state index is 14.5. The largest absolute Gasteiger partial charge is 0.352 e. The van der Waals surface area contributed by atoms with Crippen LogP contribution in [0.1, 0.15) is 48.8 Å². The molecule has 1 N–H and O–H groups in total. The van der Waals surface area contributed by atoms with Gasteiger partial charge in [-0.1, -0.05) is 97.6 Å². The fourth-order valence-corrected chi connectivity index (χ4v) is 7.28. The van der Waals surface area contributed by atoms with E-state index >= 15 is 0 Å². The number of hydrogen-bond acceptors (Lipinski definition) is 4. The van der Waals surface area contributed by atoms with Crippen molar-refractivity contribution in [1.82, 2.24) is 10.2 Å². The molecule has 0 aliphatic heterocycles. The van der Waals surface area contributed by atoms with Crippen molar-refractivity contribution < 1.29 is 22.4 Å². The molecule has 0 aromatic heterocycles. The van der Waals surface area contributed by atoms with Gasteiger partial charge >= 0.3 is 0 Å². The Hall–Kier alpha value is -4.50. The Balaban J connectivity index is 1.55. The lowest BCUT2D eigenvalue weighted by Crippen LogP contribution is -2.55. The van der Waals surface area contributed by atoms with E-state index in [1.54, 1.807) is 18.2 Å². The molecule has 240 valence electrons. The van der Waals surface area contributed by atoms with Gasteiger partial charge < -0.3 is 10.2 Å². The van der Waals surface area contributed by atoms with Crippen LogP contribution in [0.3, 0.4) is 0 Å². The molecule has 46 heavy (non-hydrogen) atoms. The molecule has 4 aromatic rings. The van der Waals surface area contributed by atoms with Gasteiger partial charge in [0.15, 0.2) is 0 Å². The molecule has 9 heteroatoms. The maximum atomic E-state index is 14.5. The Morgan fingerprint density at radius 1 is 0.804 bits per heavy atom. The number of nitrogens with zero attached hydrogens (tertiary/aromatic N) is 2. The molecule has 7 nitrogen and oxygen atoms in total. The van der Waals surface area contributed by atoms with E-state index in [-0.39, 0.29) is 35.5 Å². The molecule has 1 saturated carbocycles. The molecule has 4 aromatic carbocycles. The third kappa shape index (κ3) is 8.40. The van der Waals surface area contributed by atoms with E-state index in [1.165, 1.54) is 29.2 Å². The summed E-state index contributed by atoms with van der Waals surface area (Å²) in [4.78, 5) is 30.2. The third-order valence-electron chi connectivity index (χ3n) is 8.42. The lowest BCUT2D eigenvalue weighted by Gasteiger charge is -2.35. The van der Waals surface area contributed by atoms with Crippen LogP contribution in [-0.4, -0.2) is 43.8 Å². The Morgan fingerprint density at radius 2 is 1.41 bits per heavy atom. The van der Waals surface area contributed by atoms with Gasteiger partial charge in [-0.25, -0.2) is 12.8 Å². The minimum atomic E-state index is -4.24. The number of sulfonamides is 1. The summed E-state index contributed by atoms with van der Waals surface area (Å²) in [7, 11) is -4.24. The second-order valence-corrected chi connectivity index (χ2v) is 13.7. The first kappa shape index (κ1) is 32.9. The number of nitrogens with one attached hydrogen (secondary N) is 1. The van der Waals surface area contributed by atoms with Crippen LogP contribution in [0.4, 0.5) is 10.1 Å². The Labute approximate surface area is 271 Å². The third-order valence-corrected chi connectivity index (χ3v) is 10.2. The zero-order valence-electron chi connectivity index (χ0n) is 26.0. The van der Waals surface area contributed by atoms with Crippen molar-refractivity contribution in [2.75, 3.05) is 10.8 Å². The number of carbonyl (C=O) groups excluding carboxylic acids is 2. The highest BCUT2D eigenvalue weighted by molar-refractivity contribution is 7.92. The lowest BCUT2D eigenvalue weighted by atomic mass is 9.94. The number of carbonyl (C=O) groups is 2. The van der Waals surface area contributed by atoms with Gasteiger partial charge in [0.2, 0.25) is 11.8 Å². The van der Waals surface area contributed by atoms with E-state index in [0.29, 0.717) is 0 Å². The van der Waals surface area contributed by atoms with Crippen LogP contribution >= 0.6 is 0 Å². The van der Waals surface area contributed by atoms with Crippen LogP contribution in [0, 0.1) is 12.7 Å². The van der Waals surface area contributed by atoms with Crippen LogP contribution in [0.15, 0.2) is 114 Å². The predicted molar refractivity (Wildman–Crippen MR) is 178 cm³/mol. The first-order valence-corrected chi connectivity index (χ1v) is 17.2. The smallest absolute Gasteiger partial charge is 0.264 e. The summed E-state index contributed by atoms with van der Waals surface area (Å²) in [5, 5.41) is 3.21. The fraction of sp³-hybridized carbons (Fsp3) is 0.297. The molecule has 0 radical (unpaired) electrons. The Morgan fingerprint density at radius 3 is 2.04 bits per heavy atom. The summed E-state index contributed by atoms with van der Waals surface area (Å²) in [6.45, 7) is 1.48. The number of anilines is 1. The molecule has 0 unspecified atom stereocenters. The number of aryl methyl sites for hydroxylation is 1. The van der Waals surface area contributed by atoms with Gasteiger partial charge in [0.25, 0.3) is 10.0 Å². The van der Waals surface area contributed by atoms with Gasteiger partial charge in [0, 0.05) is 19.0 Å². The van der Waals surface area contributed by atoms with Gasteiger partial charge in [0.05, 0.1) is 10.6 Å². The van der Waals surface area contributed by atoms with Crippen molar-refractivity contribution in [2.45, 2.75) is 69.0 Å². The van der Waals surface area contributed by atoms with Crippen molar-refractivity contribution in [1.29, 1.82) is 0 Å². The zero-order chi connectivity index (χ0) is 32.5. The average Bonchev–Trinajstić information content (AvgIpc) is 3.07. The average molecular weight is 642 g/mol. The van der Waals surface area contributed by atoms with Crippen molar-refractivity contribution in [3.63, 3.8) is 0 Å². The molecule has 1 aliphatic carbocycles. The monoisotopic (exact) mass is 641 g/mol. The van der Waals surface area contributed by atoms with Crippen LogP contribution < -0.4 is 9.62 Å². The van der Waals surface area contributed by atoms with E-state index < -0.39 is 34.3 Å². The van der Waals surface area contributed by atoms with E-state index in [0.717, 1.165) is 65.2 Å². The SMILES string of the molecule is Cc1ccc(CN(C(=O)CN(c2ccc(F)cc2)S(=O)(=O)c2ccccc2)[C@@H](Cc2ccccc2)C(=O)NC2CCCCC2)cc1. The normalized spacial score (nSPS) is 14.3. The molecular formula is C37H40FN3O4S. The molecule has 0 bridgehead atoms. The van der Waals surface area contributed by atoms with Crippen LogP contribution in [-0.2, 0) is 32.6 Å². The van der Waals surface area contributed by atoms with E-state index in [1.807, 2.05) is 61.5 Å². The number of rotatable bonds is 12. The van der Waals surface area contributed by atoms with Gasteiger partial charge in [0.1, 0.15) is 18.4 Å². The molecule has 0 heterocycles. The maximum Gasteiger partial charge on any atom is 0.264 e. The summed E-state index contributed by atoms with van der Waals surface area (Å²) in [5.74, 6) is -1.35. The number of hydrogen-bond donors (Lipinski definition) is 1. The standard InChI is InChI=1S/C37H40FN3O4S/c1-28-17-19-30(20-18-28)26-40(35(25-29-11-5-2-6-12-29)37(43)39-32-13-7-3-8-14-32)36(42)27-41(33-23-21-31(38)22-24-33)46(44,45)34-15-9-4-10-16-34/h2,4-6,9-12,15-24,32,35H,3,7-8,13-14,25-27H2,1H3,(H,39,43)/t35-/m0/s1. The molecule has 5 rings (SSSR count). The first-order valence-electron chi connectivity index (χ1n) is 15.7. The number of amides is 2. The fourth-order valence-electron chi connectivity index (χ4n) is 5.84. The minimum Gasteiger partial charge on any atom is -0.352 e. The molecule has 0 spiro atoms. The van der Waals surface area contributed by atoms with Gasteiger partial charge in [-0.05, 0) is 67.3 Å². The Kier molecular flexibility index (Phi) is 10.9. The van der Waals surface area contributed by atoms with Crippen LogP contribution in [0.25, 0.3) is 0 Å². The predicted octanol–water partition coefficient (Wildman–Crippen LogP) is 6.42. The lowest BCUT2D eigenvalue weighted by molar-refractivity contribution is -0.140. The summed E-state index contributed by atoms with van der Waals surface area (Å²) in [6, 6.07) is 29.1. The molecular weight excluding hydrogens is 601 g/mol. The van der Waals surface area contributed by atoms with Crippen molar-refractivity contribution in [3.8, 4) is 0 Å². The van der Waals surface area contributed by atoms with E-state index in [2.05, 4.69) is 5.32 Å². The molecule has 1 atom stereocenters. The van der Waals surface area contributed by atoms with Gasteiger partial charge in [-0.2, -0.15) is 0 Å². The Bertz CT molecular complexity index is 1690. The topological polar surface area (TPSA) is 86.8 Å². The van der Waals surface area contributed by atoms with Crippen molar-refractivity contribution >= 4 is 27.5 Å². The quantitative estimate of drug-likeness (QED) is 0.194. The van der Waals surface area contributed by atoms with Crippen LogP contribution in [0.5, 0.6) is 0 Å². The summed E-state index contributed by atoms with van der Waals surface area (Å²) >= 11 is 0. The molecule has 2 amide bonds. The highest BCUT2D eigenvalue weighted by Gasteiger charge is 2.35. The van der Waals surface area contributed by atoms with Gasteiger partial charge in [-0.15, -0.1) is 0 Å². The second-order valence-electron chi connectivity index (χ2n) is 11.9. The summed E-state index contributed by atoms with van der Waals surface area (Å²) in [6.07, 6.45) is 5.20. The highest BCUT2D eigenvalue weighted by Crippen LogP contribution is 2.26. The summed E-state index contributed by atoms with van der Waals surface area (Å²) < 4.78 is 43.0. The molecule has 1 aliphatic rings. The molecule has 0 saturated heterocycles. The van der Waals surface area contributed by atoms with E-state index in [4.69, 9.17) is 0 Å². The van der Waals surface area contributed by atoms with Gasteiger partial charge in [-0.3, -0.25) is 13.9 Å². The summed E-state index contributed by atoms with van der Waals surface area (Å²) in [5.41, 5.74) is 2.87. The first-order chi connectivity index (χ1) is 22.2. The van der Waals surface area contributed by atoms with Crippen LogP contribution in [0.2, 0.25) is 0 Å². The van der Waals surface area contributed by atoms with Crippen molar-refractivity contribution in [2.24, 2.45) is 0 Å². The number of halogens is 1. The van der Waals surface area contributed by atoms with E-state index in [9.17, 15) is 22.4 Å². The zero-order valence-corrected chi connectivity index (χ0v) is 26.8. The molecule has 1 fully saturated rings.